The van der Waals surface area contributed by atoms with Gasteiger partial charge in [0.05, 0.1) is 0 Å². The molecule has 2 heteroatoms. The van der Waals surface area contributed by atoms with E-state index in [9.17, 15) is 0 Å². The summed E-state index contributed by atoms with van der Waals surface area (Å²) in [5.41, 5.74) is 0.557. The fourth-order valence-electron chi connectivity index (χ4n) is 2.24. The zero-order valence-electron chi connectivity index (χ0n) is 11.4. The van der Waals surface area contributed by atoms with Crippen LogP contribution in [0, 0.1) is 5.41 Å². The first-order valence-corrected chi connectivity index (χ1v) is 8.09. The number of hydrogen-bond acceptors (Lipinski definition) is 2. The van der Waals surface area contributed by atoms with Gasteiger partial charge in [-0.25, -0.2) is 0 Å². The van der Waals surface area contributed by atoms with Gasteiger partial charge >= 0.3 is 0 Å². The van der Waals surface area contributed by atoms with Crippen LogP contribution in [0.25, 0.3) is 0 Å². The third kappa shape index (κ3) is 6.15. The summed E-state index contributed by atoms with van der Waals surface area (Å²) in [4.78, 5) is 2.61. The molecule has 0 unspecified atom stereocenters. The van der Waals surface area contributed by atoms with E-state index in [0.717, 1.165) is 0 Å². The lowest BCUT2D eigenvalue weighted by Crippen LogP contribution is -2.25. The Bertz CT molecular complexity index is 174. The minimum Gasteiger partial charge on any atom is -0.293 e. The molecule has 1 rings (SSSR count). The normalized spacial score (nSPS) is 18.2. The zero-order chi connectivity index (χ0) is 11.9. The molecule has 0 aromatic carbocycles. The maximum Gasteiger partial charge on any atom is 0.0445 e. The van der Waals surface area contributed by atoms with E-state index in [1.54, 1.807) is 0 Å². The van der Waals surface area contributed by atoms with E-state index in [4.69, 9.17) is 0 Å². The van der Waals surface area contributed by atoms with Gasteiger partial charge in [0, 0.05) is 18.2 Å². The van der Waals surface area contributed by atoms with Crippen LogP contribution in [0.15, 0.2) is 0 Å². The Morgan fingerprint density at radius 3 is 2.56 bits per heavy atom. The molecule has 0 aliphatic carbocycles. The van der Waals surface area contributed by atoms with E-state index >= 15 is 0 Å². The summed E-state index contributed by atoms with van der Waals surface area (Å²) < 4.78 is 0. The third-order valence-electron chi connectivity index (χ3n) is 3.64. The predicted molar refractivity (Wildman–Crippen MR) is 76.1 cm³/mol. The Hall–Kier alpha value is 0.310. The molecule has 96 valence electrons. The highest BCUT2D eigenvalue weighted by Gasteiger charge is 2.20. The lowest BCUT2D eigenvalue weighted by molar-refractivity contribution is 0.236. The van der Waals surface area contributed by atoms with Crippen LogP contribution in [0.3, 0.4) is 0 Å². The van der Waals surface area contributed by atoms with Gasteiger partial charge in [0.1, 0.15) is 0 Å². The van der Waals surface area contributed by atoms with Crippen LogP contribution < -0.4 is 0 Å². The standard InChI is InChI=1S/C14H29NS/c1-4-5-6-7-8-14(2,3)9-10-15-11-12-16-13-15/h4-13H2,1-3H3. The van der Waals surface area contributed by atoms with Crippen molar-refractivity contribution in [3.8, 4) is 0 Å². The Morgan fingerprint density at radius 1 is 1.12 bits per heavy atom. The van der Waals surface area contributed by atoms with Crippen molar-refractivity contribution in [2.24, 2.45) is 5.41 Å². The molecule has 0 N–H and O–H groups in total. The fraction of sp³-hybridized carbons (Fsp3) is 1.00. The van der Waals surface area contributed by atoms with E-state index < -0.39 is 0 Å². The SMILES string of the molecule is CCCCCCC(C)(C)CCN1CCSC1. The number of unbranched alkanes of at least 4 members (excludes halogenated alkanes) is 3. The lowest BCUT2D eigenvalue weighted by atomic mass is 9.83. The maximum absolute atomic E-state index is 2.61. The quantitative estimate of drug-likeness (QED) is 0.582. The highest BCUT2D eigenvalue weighted by Crippen LogP contribution is 2.29. The number of rotatable bonds is 8. The molecule has 1 saturated heterocycles. The van der Waals surface area contributed by atoms with Crippen LogP contribution in [0.5, 0.6) is 0 Å². The van der Waals surface area contributed by atoms with Crippen LogP contribution in [0.2, 0.25) is 0 Å². The van der Waals surface area contributed by atoms with Crippen molar-refractivity contribution in [2.45, 2.75) is 59.3 Å². The minimum absolute atomic E-state index is 0.557. The average molecular weight is 243 g/mol. The van der Waals surface area contributed by atoms with Gasteiger partial charge in [-0.2, -0.15) is 0 Å². The molecular formula is C14H29NS. The summed E-state index contributed by atoms with van der Waals surface area (Å²) in [5.74, 6) is 2.61. The van der Waals surface area contributed by atoms with Gasteiger partial charge in [0.25, 0.3) is 0 Å². The number of hydrogen-bond donors (Lipinski definition) is 0. The van der Waals surface area contributed by atoms with Crippen LogP contribution in [-0.4, -0.2) is 29.6 Å². The topological polar surface area (TPSA) is 3.24 Å². The van der Waals surface area contributed by atoms with E-state index in [1.807, 2.05) is 0 Å². The molecule has 0 spiro atoms. The molecule has 1 nitrogen and oxygen atoms in total. The highest BCUT2D eigenvalue weighted by molar-refractivity contribution is 7.99. The minimum atomic E-state index is 0.557. The Morgan fingerprint density at radius 2 is 1.94 bits per heavy atom. The lowest BCUT2D eigenvalue weighted by Gasteiger charge is -2.27. The summed E-state index contributed by atoms with van der Waals surface area (Å²) >= 11 is 2.08. The second-order valence-electron chi connectivity index (χ2n) is 5.88. The first-order valence-electron chi connectivity index (χ1n) is 6.94. The smallest absolute Gasteiger partial charge is 0.0445 e. The monoisotopic (exact) mass is 243 g/mol. The molecule has 0 aromatic heterocycles. The molecule has 1 fully saturated rings. The Balaban J connectivity index is 2.07. The second-order valence-corrected chi connectivity index (χ2v) is 6.95. The second kappa shape index (κ2) is 7.60. The van der Waals surface area contributed by atoms with Gasteiger partial charge in [-0.05, 0) is 24.8 Å². The molecule has 0 aromatic rings. The summed E-state index contributed by atoms with van der Waals surface area (Å²) in [6.07, 6.45) is 8.41. The van der Waals surface area contributed by atoms with Crippen molar-refractivity contribution in [3.05, 3.63) is 0 Å². The molecule has 0 amide bonds. The molecule has 1 aliphatic heterocycles. The van der Waals surface area contributed by atoms with E-state index in [1.165, 1.54) is 63.2 Å². The molecular weight excluding hydrogens is 214 g/mol. The van der Waals surface area contributed by atoms with Gasteiger partial charge in [-0.1, -0.05) is 46.5 Å². The number of nitrogens with zero attached hydrogens (tertiary/aromatic N) is 1. The van der Waals surface area contributed by atoms with E-state index in [-0.39, 0.29) is 0 Å². The van der Waals surface area contributed by atoms with Gasteiger partial charge in [0.2, 0.25) is 0 Å². The molecule has 0 saturated carbocycles. The van der Waals surface area contributed by atoms with Crippen molar-refractivity contribution in [1.82, 2.24) is 4.90 Å². The first kappa shape index (κ1) is 14.4. The Kier molecular flexibility index (Phi) is 6.83. The van der Waals surface area contributed by atoms with Crippen molar-refractivity contribution in [1.29, 1.82) is 0 Å². The van der Waals surface area contributed by atoms with Crippen molar-refractivity contribution in [2.75, 3.05) is 24.7 Å². The van der Waals surface area contributed by atoms with Gasteiger partial charge in [0.15, 0.2) is 0 Å². The highest BCUT2D eigenvalue weighted by atomic mass is 32.2. The zero-order valence-corrected chi connectivity index (χ0v) is 12.2. The van der Waals surface area contributed by atoms with E-state index in [0.29, 0.717) is 5.41 Å². The largest absolute Gasteiger partial charge is 0.293 e. The van der Waals surface area contributed by atoms with Crippen LogP contribution in [0.4, 0.5) is 0 Å². The Labute approximate surface area is 106 Å². The molecule has 16 heavy (non-hydrogen) atoms. The molecule has 0 bridgehead atoms. The molecule has 0 atom stereocenters. The van der Waals surface area contributed by atoms with E-state index in [2.05, 4.69) is 37.4 Å². The number of thioether (sulfide) groups is 1. The van der Waals surface area contributed by atoms with Crippen molar-refractivity contribution < 1.29 is 0 Å². The average Bonchev–Trinajstić information content (AvgIpc) is 2.75. The maximum atomic E-state index is 2.61. The van der Waals surface area contributed by atoms with Crippen LogP contribution in [0.1, 0.15) is 59.3 Å². The predicted octanol–water partition coefficient (Wildman–Crippen LogP) is 4.38. The molecule has 1 aliphatic rings. The van der Waals surface area contributed by atoms with Gasteiger partial charge < -0.3 is 0 Å². The molecule has 0 radical (unpaired) electrons. The van der Waals surface area contributed by atoms with Gasteiger partial charge in [-0.15, -0.1) is 11.8 Å². The molecule has 1 heterocycles. The van der Waals surface area contributed by atoms with Crippen molar-refractivity contribution >= 4 is 11.8 Å². The summed E-state index contributed by atoms with van der Waals surface area (Å²) in [7, 11) is 0. The van der Waals surface area contributed by atoms with Crippen LogP contribution in [-0.2, 0) is 0 Å². The van der Waals surface area contributed by atoms with Crippen LogP contribution >= 0.6 is 11.8 Å². The summed E-state index contributed by atoms with van der Waals surface area (Å²) in [5, 5.41) is 0. The fourth-order valence-corrected chi connectivity index (χ4v) is 3.28. The van der Waals surface area contributed by atoms with Crippen molar-refractivity contribution in [3.63, 3.8) is 0 Å². The summed E-state index contributed by atoms with van der Waals surface area (Å²) in [6, 6.07) is 0. The first-order chi connectivity index (χ1) is 7.64. The third-order valence-corrected chi connectivity index (χ3v) is 4.66. The van der Waals surface area contributed by atoms with Gasteiger partial charge in [-0.3, -0.25) is 4.90 Å². The summed E-state index contributed by atoms with van der Waals surface area (Å²) in [6.45, 7) is 9.81.